The van der Waals surface area contributed by atoms with Crippen LogP contribution in [0.2, 0.25) is 0 Å². The Morgan fingerprint density at radius 2 is 1.97 bits per heavy atom. The molecule has 4 heteroatoms. The largest absolute Gasteiger partial charge is 0.493 e. The van der Waals surface area contributed by atoms with Gasteiger partial charge < -0.3 is 14.4 Å². The summed E-state index contributed by atoms with van der Waals surface area (Å²) in [5.41, 5.74) is 5.87. The predicted octanol–water partition coefficient (Wildman–Crippen LogP) is 5.00. The number of hydrogen-bond donors (Lipinski definition) is 0. The second kappa shape index (κ2) is 7.82. The van der Waals surface area contributed by atoms with E-state index in [1.54, 1.807) is 14.2 Å². The number of aryl methyl sites for hydroxylation is 1. The van der Waals surface area contributed by atoms with E-state index < -0.39 is 0 Å². The molecule has 2 atom stereocenters. The summed E-state index contributed by atoms with van der Waals surface area (Å²) in [7, 11) is 3.40. The van der Waals surface area contributed by atoms with Gasteiger partial charge in [-0.25, -0.2) is 0 Å². The minimum absolute atomic E-state index is 0.192. The smallest absolute Gasteiger partial charge is 0.254 e. The number of nitrogens with zero attached hydrogens (tertiary/aromatic N) is 1. The molecule has 0 radical (unpaired) electrons. The number of piperidine rings is 1. The summed E-state index contributed by atoms with van der Waals surface area (Å²) in [6.45, 7) is 0.843. The number of methoxy groups -OCH3 is 2. The van der Waals surface area contributed by atoms with Gasteiger partial charge in [-0.1, -0.05) is 30.4 Å². The molecular formula is C26H29NO3. The van der Waals surface area contributed by atoms with Gasteiger partial charge in [-0.3, -0.25) is 4.79 Å². The molecule has 0 bridgehead atoms. The van der Waals surface area contributed by atoms with E-state index >= 15 is 0 Å². The zero-order valence-electron chi connectivity index (χ0n) is 17.8. The van der Waals surface area contributed by atoms with E-state index in [9.17, 15) is 4.79 Å². The van der Waals surface area contributed by atoms with Gasteiger partial charge in [-0.2, -0.15) is 0 Å². The Kier molecular flexibility index (Phi) is 5.01. The van der Waals surface area contributed by atoms with E-state index in [4.69, 9.17) is 9.47 Å². The molecule has 1 heterocycles. The Bertz CT molecular complexity index is 1010. The first-order valence-electron chi connectivity index (χ1n) is 11.1. The third-order valence-corrected chi connectivity index (χ3v) is 7.11. The Labute approximate surface area is 178 Å². The van der Waals surface area contributed by atoms with Crippen LogP contribution >= 0.6 is 0 Å². The van der Waals surface area contributed by atoms with Crippen LogP contribution in [0.3, 0.4) is 0 Å². The third kappa shape index (κ3) is 3.01. The summed E-state index contributed by atoms with van der Waals surface area (Å²) >= 11 is 0. The van der Waals surface area contributed by atoms with Gasteiger partial charge in [0.15, 0.2) is 11.5 Å². The van der Waals surface area contributed by atoms with Crippen molar-refractivity contribution in [1.29, 1.82) is 0 Å². The summed E-state index contributed by atoms with van der Waals surface area (Å²) < 4.78 is 11.2. The zero-order chi connectivity index (χ0) is 20.7. The van der Waals surface area contributed by atoms with Crippen LogP contribution in [0.1, 0.15) is 64.2 Å². The van der Waals surface area contributed by atoms with Crippen molar-refractivity contribution in [2.45, 2.75) is 50.5 Å². The van der Waals surface area contributed by atoms with Crippen molar-refractivity contribution in [3.05, 3.63) is 64.2 Å². The average molecular weight is 404 g/mol. The Balaban J connectivity index is 1.49. The van der Waals surface area contributed by atoms with E-state index in [2.05, 4.69) is 29.2 Å². The molecule has 156 valence electrons. The standard InChI is InChI=1S/C26H29NO3/c1-29-24-15-13-19-20-11-6-16-27(23(20)14-12-21(19)25(24)30-2)26(28)22-10-5-8-17-7-3-4-9-18(17)22/h4-5,8-10,13,15,20,23H,3,6-7,11-12,14,16H2,1-2H3/t20-,23?/m1/s1. The molecule has 1 aliphatic heterocycles. The number of carbonyl (C=O) groups is 1. The molecular weight excluding hydrogens is 374 g/mol. The minimum Gasteiger partial charge on any atom is -0.493 e. The van der Waals surface area contributed by atoms with Crippen molar-refractivity contribution in [3.63, 3.8) is 0 Å². The number of ether oxygens (including phenoxy) is 2. The van der Waals surface area contributed by atoms with E-state index in [0.717, 1.165) is 67.7 Å². The fraction of sp³-hybridized carbons (Fsp3) is 0.423. The van der Waals surface area contributed by atoms with E-state index in [1.165, 1.54) is 16.7 Å². The van der Waals surface area contributed by atoms with Gasteiger partial charge in [0.1, 0.15) is 0 Å². The first-order chi connectivity index (χ1) is 14.7. The molecule has 30 heavy (non-hydrogen) atoms. The molecule has 1 saturated heterocycles. The summed E-state index contributed by atoms with van der Waals surface area (Å²) in [5, 5.41) is 0. The maximum atomic E-state index is 13.7. The van der Waals surface area contributed by atoms with Crippen molar-refractivity contribution in [2.24, 2.45) is 0 Å². The van der Waals surface area contributed by atoms with Crippen molar-refractivity contribution < 1.29 is 14.3 Å². The van der Waals surface area contributed by atoms with Crippen LogP contribution in [-0.2, 0) is 12.8 Å². The number of rotatable bonds is 3. The highest BCUT2D eigenvalue weighted by molar-refractivity contribution is 5.98. The number of carbonyl (C=O) groups excluding carboxylic acids is 1. The average Bonchev–Trinajstić information content (AvgIpc) is 2.81. The zero-order valence-corrected chi connectivity index (χ0v) is 17.8. The molecule has 2 aliphatic carbocycles. The number of benzene rings is 2. The topological polar surface area (TPSA) is 38.8 Å². The normalized spacial score (nSPS) is 22.0. The molecule has 2 aromatic carbocycles. The fourth-order valence-corrected chi connectivity index (χ4v) is 5.74. The summed E-state index contributed by atoms with van der Waals surface area (Å²) in [6, 6.07) is 10.7. The highest BCUT2D eigenvalue weighted by Crippen LogP contribution is 2.46. The Morgan fingerprint density at radius 3 is 2.80 bits per heavy atom. The van der Waals surface area contributed by atoms with Crippen LogP contribution < -0.4 is 9.47 Å². The fourth-order valence-electron chi connectivity index (χ4n) is 5.74. The van der Waals surface area contributed by atoms with Gasteiger partial charge >= 0.3 is 0 Å². The van der Waals surface area contributed by atoms with Crippen molar-refractivity contribution in [1.82, 2.24) is 4.90 Å². The maximum Gasteiger partial charge on any atom is 0.254 e. The molecule has 2 aromatic rings. The summed E-state index contributed by atoms with van der Waals surface area (Å²) in [4.78, 5) is 15.9. The Morgan fingerprint density at radius 1 is 1.07 bits per heavy atom. The summed E-state index contributed by atoms with van der Waals surface area (Å²) in [6.07, 6.45) is 10.4. The van der Waals surface area contributed by atoms with Crippen molar-refractivity contribution in [3.8, 4) is 11.5 Å². The number of likely N-dealkylation sites (tertiary alicyclic amines) is 1. The number of fused-ring (bicyclic) bond motifs is 4. The monoisotopic (exact) mass is 403 g/mol. The molecule has 3 aliphatic rings. The molecule has 0 aromatic heterocycles. The van der Waals surface area contributed by atoms with Gasteiger partial charge in [0, 0.05) is 29.6 Å². The lowest BCUT2D eigenvalue weighted by Gasteiger charge is -2.45. The SMILES string of the molecule is COc1ccc2c(c1OC)CCC1[C@@H]2CCCN1C(=O)c1cccc2c1C=CCC2. The number of hydrogen-bond acceptors (Lipinski definition) is 3. The lowest BCUT2D eigenvalue weighted by molar-refractivity contribution is 0.0545. The number of allylic oxidation sites excluding steroid dienone is 1. The van der Waals surface area contributed by atoms with Gasteiger partial charge in [0.05, 0.1) is 14.2 Å². The maximum absolute atomic E-state index is 13.7. The summed E-state index contributed by atoms with van der Waals surface area (Å²) in [5.74, 6) is 2.21. The molecule has 5 rings (SSSR count). The van der Waals surface area contributed by atoms with Crippen LogP contribution in [0, 0.1) is 0 Å². The third-order valence-electron chi connectivity index (χ3n) is 7.11. The minimum atomic E-state index is 0.192. The first kappa shape index (κ1) is 19.2. The molecule has 4 nitrogen and oxygen atoms in total. The highest BCUT2D eigenvalue weighted by atomic mass is 16.5. The molecule has 1 unspecified atom stereocenters. The van der Waals surface area contributed by atoms with Gasteiger partial charge in [0.2, 0.25) is 0 Å². The number of amides is 1. The predicted molar refractivity (Wildman–Crippen MR) is 118 cm³/mol. The van der Waals surface area contributed by atoms with Gasteiger partial charge in [-0.05, 0) is 67.3 Å². The van der Waals surface area contributed by atoms with E-state index in [0.29, 0.717) is 5.92 Å². The molecule has 0 N–H and O–H groups in total. The van der Waals surface area contributed by atoms with Crippen LogP contribution in [0.4, 0.5) is 0 Å². The van der Waals surface area contributed by atoms with E-state index in [-0.39, 0.29) is 11.9 Å². The van der Waals surface area contributed by atoms with E-state index in [1.807, 2.05) is 18.2 Å². The lowest BCUT2D eigenvalue weighted by Crippen LogP contribution is -2.49. The van der Waals surface area contributed by atoms with Crippen LogP contribution in [-0.4, -0.2) is 37.6 Å². The second-order valence-electron chi connectivity index (χ2n) is 8.54. The molecule has 0 saturated carbocycles. The van der Waals surface area contributed by atoms with Crippen LogP contribution in [0.15, 0.2) is 36.4 Å². The molecule has 1 amide bonds. The first-order valence-corrected chi connectivity index (χ1v) is 11.1. The Hall–Kier alpha value is -2.75. The second-order valence-corrected chi connectivity index (χ2v) is 8.54. The quantitative estimate of drug-likeness (QED) is 0.724. The molecule has 1 fully saturated rings. The van der Waals surface area contributed by atoms with Crippen LogP contribution in [0.5, 0.6) is 11.5 Å². The van der Waals surface area contributed by atoms with Crippen molar-refractivity contribution >= 4 is 12.0 Å². The lowest BCUT2D eigenvalue weighted by atomic mass is 9.73. The highest BCUT2D eigenvalue weighted by Gasteiger charge is 2.40. The molecule has 0 spiro atoms. The van der Waals surface area contributed by atoms with Gasteiger partial charge in [-0.15, -0.1) is 0 Å². The van der Waals surface area contributed by atoms with Crippen LogP contribution in [0.25, 0.3) is 6.08 Å². The van der Waals surface area contributed by atoms with Crippen molar-refractivity contribution in [2.75, 3.05) is 20.8 Å². The van der Waals surface area contributed by atoms with Gasteiger partial charge in [0.25, 0.3) is 5.91 Å².